The Morgan fingerprint density at radius 2 is 2.19 bits per heavy atom. The first-order valence-corrected chi connectivity index (χ1v) is 6.97. The maximum Gasteiger partial charge on any atom is 0.248 e. The maximum absolute atomic E-state index is 11.4. The Bertz CT molecular complexity index is 760. The summed E-state index contributed by atoms with van der Waals surface area (Å²) in [5.74, 6) is -0.181. The van der Waals surface area contributed by atoms with Crippen LogP contribution in [0.25, 0.3) is 10.8 Å². The van der Waals surface area contributed by atoms with Crippen LogP contribution in [0.15, 0.2) is 24.3 Å². The van der Waals surface area contributed by atoms with Crippen molar-refractivity contribution in [3.05, 3.63) is 35.4 Å². The number of phenolic OH excluding ortho intramolecular Hbond substituents is 1. The second kappa shape index (κ2) is 4.93. The van der Waals surface area contributed by atoms with Gasteiger partial charge in [-0.3, -0.25) is 9.59 Å². The fourth-order valence-electron chi connectivity index (χ4n) is 2.89. The Labute approximate surface area is 125 Å². The molecule has 3 rings (SSSR count). The van der Waals surface area contributed by atoms with Gasteiger partial charge in [0.05, 0.1) is 5.69 Å². The summed E-state index contributed by atoms with van der Waals surface area (Å²) in [4.78, 5) is 24.1. The first-order chi connectivity index (χ1) is 10.1. The van der Waals surface area contributed by atoms with Gasteiger partial charge in [0.1, 0.15) is 5.75 Å². The smallest absolute Gasteiger partial charge is 0.248 e. The third-order valence-electron chi connectivity index (χ3n) is 3.87. The van der Waals surface area contributed by atoms with Gasteiger partial charge in [0.25, 0.3) is 0 Å². The lowest BCUT2D eigenvalue weighted by Gasteiger charge is -2.13. The lowest BCUT2D eigenvalue weighted by atomic mass is 9.94. The Kier molecular flexibility index (Phi) is 3.22. The minimum Gasteiger partial charge on any atom is -0.507 e. The van der Waals surface area contributed by atoms with E-state index in [1.807, 2.05) is 0 Å². The molecule has 0 saturated carbocycles. The normalized spacial score (nSPS) is 17.0. The molecule has 1 aliphatic rings. The monoisotopic (exact) mass is 304 g/mol. The summed E-state index contributed by atoms with van der Waals surface area (Å²) in [6.45, 7) is 0.460. The summed E-state index contributed by atoms with van der Waals surface area (Å²) in [5, 5.41) is 11.5. The topological polar surface area (TPSA) is 83.6 Å². The van der Waals surface area contributed by atoms with E-state index in [0.717, 1.165) is 5.56 Å². The summed E-state index contributed by atoms with van der Waals surface area (Å²) in [5.41, 5.74) is 7.16. The highest BCUT2D eigenvalue weighted by Crippen LogP contribution is 2.44. The number of fused-ring (bicyclic) bond motifs is 3. The van der Waals surface area contributed by atoms with Gasteiger partial charge in [0.2, 0.25) is 12.3 Å². The highest BCUT2D eigenvalue weighted by molar-refractivity contribution is 6.19. The maximum atomic E-state index is 11.4. The van der Waals surface area contributed by atoms with E-state index in [1.165, 1.54) is 4.90 Å². The molecule has 1 heterocycles. The standard InChI is InChI=1S/C15H13ClN2O3/c16-5-9-6-18(7-19)12-4-13(20)10-2-1-8(15(17)21)3-11(10)14(9)12/h1-4,7,9,20H,5-6H2,(H2,17,21). The van der Waals surface area contributed by atoms with Crippen LogP contribution in [0.4, 0.5) is 5.69 Å². The van der Waals surface area contributed by atoms with E-state index in [9.17, 15) is 14.7 Å². The van der Waals surface area contributed by atoms with Crippen LogP contribution in [0.1, 0.15) is 21.8 Å². The molecule has 6 heteroatoms. The first kappa shape index (κ1) is 13.7. The predicted octanol–water partition coefficient (Wildman–Crippen LogP) is 1.94. The lowest BCUT2D eigenvalue weighted by Crippen LogP contribution is -2.19. The molecule has 2 amide bonds. The molecular formula is C15H13ClN2O3. The summed E-state index contributed by atoms with van der Waals surface area (Å²) >= 11 is 6.00. The number of aromatic hydroxyl groups is 1. The average molecular weight is 305 g/mol. The van der Waals surface area contributed by atoms with E-state index in [0.29, 0.717) is 40.9 Å². The van der Waals surface area contributed by atoms with E-state index in [-0.39, 0.29) is 11.7 Å². The van der Waals surface area contributed by atoms with Crippen molar-refractivity contribution < 1.29 is 14.7 Å². The number of rotatable bonds is 3. The minimum absolute atomic E-state index is 0.0434. The Balaban J connectivity index is 2.37. The molecule has 1 unspecified atom stereocenters. The highest BCUT2D eigenvalue weighted by Gasteiger charge is 2.31. The Hall–Kier alpha value is -2.27. The predicted molar refractivity (Wildman–Crippen MR) is 81.0 cm³/mol. The molecule has 1 atom stereocenters. The number of carbonyl (C=O) groups is 2. The van der Waals surface area contributed by atoms with Crippen molar-refractivity contribution in [2.24, 2.45) is 5.73 Å². The number of carbonyl (C=O) groups excluding carboxylic acids is 2. The number of nitrogens with two attached hydrogens (primary N) is 1. The zero-order chi connectivity index (χ0) is 15.1. The average Bonchev–Trinajstić information content (AvgIpc) is 2.84. The van der Waals surface area contributed by atoms with E-state index in [1.54, 1.807) is 24.3 Å². The quantitative estimate of drug-likeness (QED) is 0.671. The number of hydrogen-bond acceptors (Lipinski definition) is 3. The third-order valence-corrected chi connectivity index (χ3v) is 4.24. The summed E-state index contributed by atoms with van der Waals surface area (Å²) in [6.07, 6.45) is 0.717. The minimum atomic E-state index is -0.540. The number of nitrogens with zero attached hydrogens (tertiary/aromatic N) is 1. The van der Waals surface area contributed by atoms with Crippen molar-refractivity contribution in [2.75, 3.05) is 17.3 Å². The zero-order valence-electron chi connectivity index (χ0n) is 11.0. The molecule has 0 spiro atoms. The van der Waals surface area contributed by atoms with Gasteiger partial charge in [0.15, 0.2) is 0 Å². The number of anilines is 1. The van der Waals surface area contributed by atoms with Gasteiger partial charge in [-0.15, -0.1) is 11.6 Å². The van der Waals surface area contributed by atoms with Crippen LogP contribution in [-0.4, -0.2) is 29.8 Å². The second-order valence-corrected chi connectivity index (χ2v) is 5.37. The van der Waals surface area contributed by atoms with Gasteiger partial charge in [-0.1, -0.05) is 0 Å². The fraction of sp³-hybridized carbons (Fsp3) is 0.200. The Morgan fingerprint density at radius 3 is 2.81 bits per heavy atom. The summed E-state index contributed by atoms with van der Waals surface area (Å²) in [6, 6.07) is 6.42. The number of primary amides is 1. The molecule has 0 aromatic heterocycles. The molecule has 0 radical (unpaired) electrons. The van der Waals surface area contributed by atoms with Gasteiger partial charge in [-0.05, 0) is 29.1 Å². The molecule has 3 N–H and O–H groups in total. The second-order valence-electron chi connectivity index (χ2n) is 5.06. The summed E-state index contributed by atoms with van der Waals surface area (Å²) in [7, 11) is 0. The zero-order valence-corrected chi connectivity index (χ0v) is 11.8. The number of halogens is 1. The van der Waals surface area contributed by atoms with Crippen LogP contribution in [-0.2, 0) is 4.79 Å². The molecule has 1 aliphatic heterocycles. The van der Waals surface area contributed by atoms with E-state index >= 15 is 0 Å². The van der Waals surface area contributed by atoms with Gasteiger partial charge in [-0.2, -0.15) is 0 Å². The van der Waals surface area contributed by atoms with E-state index in [2.05, 4.69) is 0 Å². The molecule has 0 aliphatic carbocycles. The van der Waals surface area contributed by atoms with Crippen molar-refractivity contribution in [2.45, 2.75) is 5.92 Å². The van der Waals surface area contributed by atoms with Crippen molar-refractivity contribution in [1.29, 1.82) is 0 Å². The van der Waals surface area contributed by atoms with E-state index in [4.69, 9.17) is 17.3 Å². The Morgan fingerprint density at radius 1 is 1.43 bits per heavy atom. The number of alkyl halides is 1. The first-order valence-electron chi connectivity index (χ1n) is 6.44. The van der Waals surface area contributed by atoms with E-state index < -0.39 is 5.91 Å². The van der Waals surface area contributed by atoms with Gasteiger partial charge < -0.3 is 15.7 Å². The molecule has 5 nitrogen and oxygen atoms in total. The number of benzene rings is 2. The van der Waals surface area contributed by atoms with Crippen LogP contribution in [0.3, 0.4) is 0 Å². The van der Waals surface area contributed by atoms with Crippen LogP contribution < -0.4 is 10.6 Å². The molecule has 108 valence electrons. The molecule has 21 heavy (non-hydrogen) atoms. The molecule has 0 bridgehead atoms. The fourth-order valence-corrected chi connectivity index (χ4v) is 3.14. The van der Waals surface area contributed by atoms with Crippen molar-refractivity contribution in [3.8, 4) is 5.75 Å². The molecule has 2 aromatic rings. The van der Waals surface area contributed by atoms with Crippen LogP contribution >= 0.6 is 11.6 Å². The molecule has 2 aromatic carbocycles. The largest absolute Gasteiger partial charge is 0.507 e. The highest BCUT2D eigenvalue weighted by atomic mass is 35.5. The number of hydrogen-bond donors (Lipinski definition) is 2. The van der Waals surface area contributed by atoms with Crippen molar-refractivity contribution in [1.82, 2.24) is 0 Å². The number of phenols is 1. The summed E-state index contributed by atoms with van der Waals surface area (Å²) < 4.78 is 0. The van der Waals surface area contributed by atoms with Crippen LogP contribution in [0.2, 0.25) is 0 Å². The van der Waals surface area contributed by atoms with Crippen molar-refractivity contribution >= 4 is 40.4 Å². The van der Waals surface area contributed by atoms with Crippen LogP contribution in [0.5, 0.6) is 5.75 Å². The number of amides is 2. The molecule has 0 fully saturated rings. The van der Waals surface area contributed by atoms with Crippen molar-refractivity contribution in [3.63, 3.8) is 0 Å². The SMILES string of the molecule is NC(=O)c1ccc2c(O)cc3c(c2c1)C(CCl)CN3C=O. The third kappa shape index (κ3) is 2.01. The van der Waals surface area contributed by atoms with Gasteiger partial charge in [0, 0.05) is 35.4 Å². The molecule has 0 saturated heterocycles. The molecular weight excluding hydrogens is 292 g/mol. The van der Waals surface area contributed by atoms with Gasteiger partial charge in [-0.25, -0.2) is 0 Å². The lowest BCUT2D eigenvalue weighted by molar-refractivity contribution is -0.107. The van der Waals surface area contributed by atoms with Gasteiger partial charge >= 0.3 is 0 Å². The van der Waals surface area contributed by atoms with Crippen LogP contribution in [0, 0.1) is 0 Å².